The van der Waals surface area contributed by atoms with Crippen molar-refractivity contribution in [1.29, 1.82) is 0 Å². The Hall–Kier alpha value is -4.02. The fraction of sp³-hybridized carbons (Fsp3) is 0.300. The first-order valence-electron chi connectivity index (χ1n) is 9.40. The minimum Gasteiger partial charge on any atom is -0.493 e. The molecule has 0 spiro atoms. The van der Waals surface area contributed by atoms with Crippen molar-refractivity contribution >= 4 is 23.6 Å². The second-order valence-corrected chi connectivity index (χ2v) is 6.90. The van der Waals surface area contributed by atoms with Gasteiger partial charge in [0.1, 0.15) is 0 Å². The van der Waals surface area contributed by atoms with Crippen molar-refractivity contribution in [3.8, 4) is 11.5 Å². The van der Waals surface area contributed by atoms with Gasteiger partial charge in [-0.25, -0.2) is 9.50 Å². The van der Waals surface area contributed by atoms with E-state index >= 15 is 0 Å². The van der Waals surface area contributed by atoms with Gasteiger partial charge in [0, 0.05) is 25.2 Å². The molecule has 0 unspecified atom stereocenters. The van der Waals surface area contributed by atoms with E-state index in [-0.39, 0.29) is 23.4 Å². The number of hydrogen-bond donors (Lipinski definition) is 0. The zero-order valence-electron chi connectivity index (χ0n) is 17.6. The van der Waals surface area contributed by atoms with Gasteiger partial charge < -0.3 is 14.2 Å². The molecule has 11 heteroatoms. The fourth-order valence-corrected chi connectivity index (χ4v) is 3.26. The molecule has 0 fully saturated rings. The number of carbonyl (C=O) groups is 2. The quantitative estimate of drug-likeness (QED) is 0.460. The summed E-state index contributed by atoms with van der Waals surface area (Å²) in [5.74, 6) is 0.129. The number of benzene rings is 1. The van der Waals surface area contributed by atoms with E-state index in [0.29, 0.717) is 17.1 Å². The lowest BCUT2D eigenvalue weighted by atomic mass is 10.1. The second-order valence-electron chi connectivity index (χ2n) is 6.90. The Morgan fingerprint density at radius 1 is 1.16 bits per heavy atom. The maximum absolute atomic E-state index is 12.3. The zero-order valence-corrected chi connectivity index (χ0v) is 17.6. The molecule has 1 amide bonds. The number of hydrogen-bond acceptors (Lipinski definition) is 9. The Bertz CT molecular complexity index is 1230. The van der Waals surface area contributed by atoms with Crippen LogP contribution >= 0.6 is 0 Å². The highest BCUT2D eigenvalue weighted by Crippen LogP contribution is 2.40. The number of aromatic nitrogens is 4. The summed E-state index contributed by atoms with van der Waals surface area (Å²) < 4.78 is 18.2. The number of para-hydroxylation sites is 1. The average molecular weight is 424 g/mol. The number of carbonyl (C=O) groups excluding carboxylic acids is 2. The lowest BCUT2D eigenvalue weighted by molar-refractivity contribution is -0.135. The third-order valence-corrected chi connectivity index (χ3v) is 4.52. The third kappa shape index (κ3) is 3.65. The maximum Gasteiger partial charge on any atom is 0.308 e. The molecular weight excluding hydrogens is 404 g/mol. The van der Waals surface area contributed by atoms with Crippen molar-refractivity contribution in [2.45, 2.75) is 33.9 Å². The van der Waals surface area contributed by atoms with Gasteiger partial charge in [0.05, 0.1) is 12.7 Å². The van der Waals surface area contributed by atoms with Crippen LogP contribution in [0, 0.1) is 13.8 Å². The Balaban J connectivity index is 1.77. The summed E-state index contributed by atoms with van der Waals surface area (Å²) in [5, 5.41) is 9.80. The molecule has 3 aromatic rings. The molecule has 1 aliphatic rings. The first-order chi connectivity index (χ1) is 14.8. The van der Waals surface area contributed by atoms with Crippen LogP contribution in [0.25, 0.3) is 5.78 Å². The average Bonchev–Trinajstić information content (AvgIpc) is 3.32. The Morgan fingerprint density at radius 3 is 2.61 bits per heavy atom. The van der Waals surface area contributed by atoms with Crippen LogP contribution in [0.15, 0.2) is 29.4 Å². The molecule has 2 aromatic heterocycles. The van der Waals surface area contributed by atoms with Crippen LogP contribution in [-0.4, -0.2) is 49.5 Å². The lowest BCUT2D eigenvalue weighted by Crippen LogP contribution is -2.26. The van der Waals surface area contributed by atoms with E-state index in [4.69, 9.17) is 14.2 Å². The monoisotopic (exact) mass is 424 g/mol. The largest absolute Gasteiger partial charge is 0.493 e. The first-order valence-corrected chi connectivity index (χ1v) is 9.40. The molecule has 1 aromatic carbocycles. The summed E-state index contributed by atoms with van der Waals surface area (Å²) in [5.41, 5.74) is 2.02. The van der Waals surface area contributed by atoms with Gasteiger partial charge in [0.25, 0.3) is 11.7 Å². The molecule has 0 N–H and O–H groups in total. The van der Waals surface area contributed by atoms with E-state index in [9.17, 15) is 9.59 Å². The van der Waals surface area contributed by atoms with E-state index in [0.717, 1.165) is 16.4 Å². The van der Waals surface area contributed by atoms with E-state index in [1.54, 1.807) is 22.7 Å². The van der Waals surface area contributed by atoms with Crippen LogP contribution < -0.4 is 9.47 Å². The second kappa shape index (κ2) is 7.67. The summed E-state index contributed by atoms with van der Waals surface area (Å²) in [6.45, 7) is 6.36. The van der Waals surface area contributed by atoms with Gasteiger partial charge in [-0.1, -0.05) is 6.07 Å². The molecule has 160 valence electrons. The van der Waals surface area contributed by atoms with Gasteiger partial charge >= 0.3 is 5.97 Å². The first kappa shape index (κ1) is 20.3. The van der Waals surface area contributed by atoms with Crippen molar-refractivity contribution < 1.29 is 23.8 Å². The van der Waals surface area contributed by atoms with Gasteiger partial charge in [-0.15, -0.1) is 10.2 Å². The van der Waals surface area contributed by atoms with Gasteiger partial charge in [-0.3, -0.25) is 9.59 Å². The molecule has 0 saturated carbocycles. The number of nitrogens with zero attached hydrogens (tertiary/aromatic N) is 6. The van der Waals surface area contributed by atoms with Crippen LogP contribution in [-0.2, 0) is 14.3 Å². The van der Waals surface area contributed by atoms with E-state index < -0.39 is 12.2 Å². The van der Waals surface area contributed by atoms with Crippen LogP contribution in [0.5, 0.6) is 11.5 Å². The Kier molecular flexibility index (Phi) is 5.01. The topological polar surface area (TPSA) is 121 Å². The van der Waals surface area contributed by atoms with Gasteiger partial charge in [-0.2, -0.15) is 9.99 Å². The van der Waals surface area contributed by atoms with Crippen molar-refractivity contribution in [3.05, 3.63) is 47.0 Å². The van der Waals surface area contributed by atoms with Crippen molar-refractivity contribution in [2.24, 2.45) is 5.10 Å². The molecule has 0 aliphatic carbocycles. The van der Waals surface area contributed by atoms with Crippen LogP contribution in [0.3, 0.4) is 0 Å². The fourth-order valence-electron chi connectivity index (χ4n) is 3.26. The number of esters is 1. The van der Waals surface area contributed by atoms with Crippen LogP contribution in [0.2, 0.25) is 0 Å². The summed E-state index contributed by atoms with van der Waals surface area (Å²) in [7, 11) is 1.45. The minimum absolute atomic E-state index is 0.0411. The van der Waals surface area contributed by atoms with Crippen molar-refractivity contribution in [1.82, 2.24) is 24.6 Å². The smallest absolute Gasteiger partial charge is 0.308 e. The lowest BCUT2D eigenvalue weighted by Gasteiger charge is -2.22. The van der Waals surface area contributed by atoms with Gasteiger partial charge in [0.2, 0.25) is 18.0 Å². The maximum atomic E-state index is 12.3. The molecule has 3 heterocycles. The number of fused-ring (bicyclic) bond motifs is 1. The molecule has 0 saturated heterocycles. The van der Waals surface area contributed by atoms with Crippen LogP contribution in [0.4, 0.5) is 0 Å². The van der Waals surface area contributed by atoms with E-state index in [1.807, 2.05) is 19.9 Å². The SMILES string of the molecule is COc1cccc([C@H]2OC(c3nc4nc(C)cc(C)n4n3)=NN2C(C)=O)c1OC(C)=O. The molecule has 4 rings (SSSR count). The summed E-state index contributed by atoms with van der Waals surface area (Å²) in [6, 6.07) is 6.86. The Labute approximate surface area is 177 Å². The summed E-state index contributed by atoms with van der Waals surface area (Å²) in [6.07, 6.45) is -1.00. The van der Waals surface area contributed by atoms with Crippen molar-refractivity contribution in [3.63, 3.8) is 0 Å². The molecule has 11 nitrogen and oxygen atoms in total. The van der Waals surface area contributed by atoms with Crippen LogP contribution in [0.1, 0.15) is 42.9 Å². The predicted octanol–water partition coefficient (Wildman–Crippen LogP) is 1.91. The molecule has 1 atom stereocenters. The molecule has 0 bridgehead atoms. The van der Waals surface area contributed by atoms with Gasteiger partial charge in [-0.05, 0) is 32.0 Å². The molecule has 31 heavy (non-hydrogen) atoms. The normalized spacial score (nSPS) is 15.6. The Morgan fingerprint density at radius 2 is 1.94 bits per heavy atom. The predicted molar refractivity (Wildman–Crippen MR) is 107 cm³/mol. The number of ether oxygens (including phenoxy) is 3. The minimum atomic E-state index is -1.00. The van der Waals surface area contributed by atoms with Crippen molar-refractivity contribution in [2.75, 3.05) is 7.11 Å². The highest BCUT2D eigenvalue weighted by atomic mass is 16.6. The molecular formula is C20H20N6O5. The highest BCUT2D eigenvalue weighted by molar-refractivity contribution is 5.93. The van der Waals surface area contributed by atoms with Gasteiger partial charge in [0.15, 0.2) is 11.5 Å². The molecule has 1 aliphatic heterocycles. The van der Waals surface area contributed by atoms with E-state index in [2.05, 4.69) is 20.2 Å². The molecule has 0 radical (unpaired) electrons. The standard InChI is InChI=1S/C20H20N6O5/c1-10-9-11(2)25-20(21-10)22-17(23-25)18-24-26(12(3)27)19(31-18)14-7-6-8-15(29-5)16(14)30-13(4)28/h6-9,19H,1-5H3/t19-/m1/s1. The number of aryl methyl sites for hydroxylation is 2. The van der Waals surface area contributed by atoms with E-state index in [1.165, 1.54) is 21.0 Å². The number of hydrazone groups is 1. The number of amides is 1. The zero-order chi connectivity index (χ0) is 22.3. The number of methoxy groups -OCH3 is 1. The highest BCUT2D eigenvalue weighted by Gasteiger charge is 2.37. The third-order valence-electron chi connectivity index (χ3n) is 4.52. The summed E-state index contributed by atoms with van der Waals surface area (Å²) in [4.78, 5) is 32.7. The summed E-state index contributed by atoms with van der Waals surface area (Å²) >= 11 is 0. The number of rotatable bonds is 4.